The van der Waals surface area contributed by atoms with Gasteiger partial charge in [-0.1, -0.05) is 56.6 Å². The lowest BCUT2D eigenvalue weighted by molar-refractivity contribution is -0.128. The van der Waals surface area contributed by atoms with E-state index in [4.69, 9.17) is 27.9 Å². The van der Waals surface area contributed by atoms with Crippen molar-refractivity contribution in [3.63, 3.8) is 0 Å². The van der Waals surface area contributed by atoms with Crippen molar-refractivity contribution in [2.45, 2.75) is 78.3 Å². The summed E-state index contributed by atoms with van der Waals surface area (Å²) in [6, 6.07) is 5.79. The lowest BCUT2D eigenvalue weighted by atomic mass is 9.92. The Hall–Kier alpha value is -3.18. The van der Waals surface area contributed by atoms with E-state index in [1.807, 2.05) is 0 Å². The van der Waals surface area contributed by atoms with Crippen molar-refractivity contribution >= 4 is 46.4 Å². The normalized spacial score (nSPS) is 15.1. The minimum Gasteiger partial charge on any atom is -0.487 e. The molecule has 3 N–H and O–H groups in total. The molecule has 1 fully saturated rings. The number of nitrogens with one attached hydrogen (secondary N) is 3. The average Bonchev–Trinajstić information content (AvgIpc) is 2.93. The minimum absolute atomic E-state index is 0.00676. The lowest BCUT2D eigenvalue weighted by Crippen LogP contribution is -2.40. The van der Waals surface area contributed by atoms with E-state index < -0.39 is 36.3 Å². The molecule has 1 saturated carbocycles. The molecule has 0 unspecified atom stereocenters. The quantitative estimate of drug-likeness (QED) is 0.213. The predicted octanol–water partition coefficient (Wildman–Crippen LogP) is 7.94. The first-order valence-corrected chi connectivity index (χ1v) is 14.8. The van der Waals surface area contributed by atoms with Crippen LogP contribution in [-0.4, -0.2) is 43.9 Å². The van der Waals surface area contributed by atoms with E-state index in [2.05, 4.69) is 22.5 Å². The Balaban J connectivity index is 1.83. The fourth-order valence-electron chi connectivity index (χ4n) is 4.60. The van der Waals surface area contributed by atoms with Crippen molar-refractivity contribution in [1.29, 1.82) is 0 Å². The molecule has 0 radical (unpaired) electrons. The van der Waals surface area contributed by atoms with Crippen LogP contribution in [0.3, 0.4) is 0 Å². The topological polar surface area (TPSA) is 82.7 Å². The standard InChI is InChI=1S/C31H38Cl2F4N4O3/c1-17-13-21(28(42)40-20-9-11-31(36,37)12-10-20)24(44-16-25(34)35)14-23(17)41(6)18(2)39-27-22(32)8-7-19(26(27)33)15-38-29(43)30(3,4)5/h7-8,13-14,20,25,39H,2,9-12,15-16H2,1,3-6H3,(H,38,43)(H,40,42). The van der Waals surface area contributed by atoms with Gasteiger partial charge in [0.25, 0.3) is 12.3 Å². The lowest BCUT2D eigenvalue weighted by Gasteiger charge is -2.29. The van der Waals surface area contributed by atoms with Gasteiger partial charge in [0.15, 0.2) is 0 Å². The molecular formula is C31H38Cl2F4N4O3. The highest BCUT2D eigenvalue weighted by molar-refractivity contribution is 6.39. The third-order valence-corrected chi connectivity index (χ3v) is 8.03. The van der Waals surface area contributed by atoms with Gasteiger partial charge < -0.3 is 25.6 Å². The van der Waals surface area contributed by atoms with Gasteiger partial charge in [0.1, 0.15) is 18.2 Å². The Morgan fingerprint density at radius 2 is 1.80 bits per heavy atom. The molecule has 0 bridgehead atoms. The van der Waals surface area contributed by atoms with Gasteiger partial charge in [-0.05, 0) is 43.0 Å². The van der Waals surface area contributed by atoms with Crippen molar-refractivity contribution in [3.05, 3.63) is 63.4 Å². The van der Waals surface area contributed by atoms with Gasteiger partial charge in [0.05, 0.1) is 21.3 Å². The Bertz CT molecular complexity index is 1390. The van der Waals surface area contributed by atoms with Gasteiger partial charge in [-0.3, -0.25) is 9.59 Å². The molecular weight excluding hydrogens is 623 g/mol. The SMILES string of the molecule is C=C(Nc1c(Cl)ccc(CNC(=O)C(C)(C)C)c1Cl)N(C)c1cc(OCC(F)F)c(C(=O)NC2CCC(F)(F)CC2)cc1C. The molecule has 0 aliphatic heterocycles. The molecule has 242 valence electrons. The fraction of sp³-hybridized carbons (Fsp3) is 0.484. The summed E-state index contributed by atoms with van der Waals surface area (Å²) in [5.41, 5.74) is 1.43. The molecule has 1 aliphatic carbocycles. The smallest absolute Gasteiger partial charge is 0.272 e. The molecule has 0 spiro atoms. The number of alkyl halides is 4. The van der Waals surface area contributed by atoms with E-state index in [0.717, 1.165) is 0 Å². The van der Waals surface area contributed by atoms with Crippen molar-refractivity contribution < 1.29 is 31.9 Å². The molecule has 1 aliphatic rings. The van der Waals surface area contributed by atoms with E-state index in [1.165, 1.54) is 12.1 Å². The maximum absolute atomic E-state index is 13.6. The van der Waals surface area contributed by atoms with Crippen LogP contribution in [-0.2, 0) is 11.3 Å². The summed E-state index contributed by atoms with van der Waals surface area (Å²) in [7, 11) is 1.66. The Kier molecular flexibility index (Phi) is 11.5. The highest BCUT2D eigenvalue weighted by Crippen LogP contribution is 2.37. The van der Waals surface area contributed by atoms with Crippen molar-refractivity contribution in [1.82, 2.24) is 10.6 Å². The van der Waals surface area contributed by atoms with Crippen LogP contribution in [0, 0.1) is 12.3 Å². The number of amides is 2. The summed E-state index contributed by atoms with van der Waals surface area (Å²) >= 11 is 13.1. The van der Waals surface area contributed by atoms with Crippen LogP contribution in [0.15, 0.2) is 36.7 Å². The molecule has 44 heavy (non-hydrogen) atoms. The van der Waals surface area contributed by atoms with Crippen LogP contribution < -0.4 is 25.6 Å². The highest BCUT2D eigenvalue weighted by atomic mass is 35.5. The van der Waals surface area contributed by atoms with E-state index in [-0.39, 0.29) is 54.5 Å². The zero-order chi connectivity index (χ0) is 33.0. The third-order valence-electron chi connectivity index (χ3n) is 7.29. The van der Waals surface area contributed by atoms with Gasteiger partial charge in [0, 0.05) is 49.6 Å². The molecule has 2 amide bonds. The second kappa shape index (κ2) is 14.3. The number of hydrogen-bond acceptors (Lipinski definition) is 5. The van der Waals surface area contributed by atoms with Gasteiger partial charge in [-0.2, -0.15) is 0 Å². The van der Waals surface area contributed by atoms with E-state index >= 15 is 0 Å². The molecule has 2 aromatic carbocycles. The number of carbonyl (C=O) groups excluding carboxylic acids is 2. The van der Waals surface area contributed by atoms with E-state index in [9.17, 15) is 27.2 Å². The van der Waals surface area contributed by atoms with Gasteiger partial charge in [0.2, 0.25) is 11.8 Å². The summed E-state index contributed by atoms with van der Waals surface area (Å²) in [5, 5.41) is 9.23. The van der Waals surface area contributed by atoms with E-state index in [0.29, 0.717) is 33.3 Å². The first kappa shape index (κ1) is 35.3. The van der Waals surface area contributed by atoms with Crippen molar-refractivity contribution in [2.75, 3.05) is 23.9 Å². The second-order valence-electron chi connectivity index (χ2n) is 11.9. The summed E-state index contributed by atoms with van der Waals surface area (Å²) in [6.45, 7) is 10.4. The highest BCUT2D eigenvalue weighted by Gasteiger charge is 2.35. The van der Waals surface area contributed by atoms with Crippen LogP contribution in [0.25, 0.3) is 0 Å². The molecule has 0 saturated heterocycles. The average molecular weight is 662 g/mol. The number of ether oxygens (including phenoxy) is 1. The van der Waals surface area contributed by atoms with Crippen molar-refractivity contribution in [3.8, 4) is 5.75 Å². The van der Waals surface area contributed by atoms with Crippen molar-refractivity contribution in [2.24, 2.45) is 5.41 Å². The predicted molar refractivity (Wildman–Crippen MR) is 166 cm³/mol. The first-order chi connectivity index (χ1) is 20.4. The van der Waals surface area contributed by atoms with Crippen LogP contribution in [0.2, 0.25) is 10.0 Å². The fourth-order valence-corrected chi connectivity index (χ4v) is 5.13. The molecule has 0 atom stereocenters. The number of hydrogen-bond donors (Lipinski definition) is 3. The Morgan fingerprint density at radius 3 is 2.39 bits per heavy atom. The van der Waals surface area contributed by atoms with Gasteiger partial charge >= 0.3 is 0 Å². The first-order valence-electron chi connectivity index (χ1n) is 14.1. The minimum atomic E-state index is -2.80. The summed E-state index contributed by atoms with van der Waals surface area (Å²) in [6.07, 6.45) is -3.27. The molecule has 0 heterocycles. The van der Waals surface area contributed by atoms with Gasteiger partial charge in [-0.15, -0.1) is 0 Å². The van der Waals surface area contributed by atoms with Crippen LogP contribution in [0.4, 0.5) is 28.9 Å². The molecule has 3 rings (SSSR count). The number of nitrogens with zero attached hydrogens (tertiary/aromatic N) is 1. The summed E-state index contributed by atoms with van der Waals surface area (Å²) in [4.78, 5) is 27.1. The summed E-state index contributed by atoms with van der Waals surface area (Å²) in [5.74, 6) is -3.32. The number of carbonyl (C=O) groups is 2. The molecule has 7 nitrogen and oxygen atoms in total. The third kappa shape index (κ3) is 9.17. The maximum Gasteiger partial charge on any atom is 0.272 e. The zero-order valence-electron chi connectivity index (χ0n) is 25.4. The maximum atomic E-state index is 13.6. The Morgan fingerprint density at radius 1 is 1.16 bits per heavy atom. The van der Waals surface area contributed by atoms with Gasteiger partial charge in [-0.25, -0.2) is 17.6 Å². The number of rotatable bonds is 11. The number of aryl methyl sites for hydroxylation is 1. The number of halogens is 6. The molecule has 13 heteroatoms. The van der Waals surface area contributed by atoms with Crippen LogP contribution in [0.1, 0.15) is 67.9 Å². The van der Waals surface area contributed by atoms with Crippen LogP contribution >= 0.6 is 23.2 Å². The van der Waals surface area contributed by atoms with E-state index in [1.54, 1.807) is 51.8 Å². The molecule has 0 aromatic heterocycles. The number of benzene rings is 2. The zero-order valence-corrected chi connectivity index (χ0v) is 26.9. The number of anilines is 2. The second-order valence-corrected chi connectivity index (χ2v) is 12.7. The Labute approximate surface area is 265 Å². The summed E-state index contributed by atoms with van der Waals surface area (Å²) < 4.78 is 58.7. The largest absolute Gasteiger partial charge is 0.487 e. The van der Waals surface area contributed by atoms with Crippen LogP contribution in [0.5, 0.6) is 5.75 Å². The molecule has 2 aromatic rings. The monoisotopic (exact) mass is 660 g/mol.